The second-order valence-corrected chi connectivity index (χ2v) is 19.4. The molecule has 0 aliphatic carbocycles. The lowest BCUT2D eigenvalue weighted by atomic mass is 9.85. The molecule has 66 heavy (non-hydrogen) atoms. The van der Waals surface area contributed by atoms with Gasteiger partial charge in [-0.1, -0.05) is 97.0 Å². The number of fused-ring (bicyclic) bond motifs is 2. The molecule has 0 spiro atoms. The number of hydrogen-bond donors (Lipinski definition) is 4. The number of likely N-dealkylation sites (tertiary alicyclic amines) is 2. The minimum Gasteiger partial charge on any atom is -0.453 e. The molecule has 14 heteroatoms. The van der Waals surface area contributed by atoms with Gasteiger partial charge in [-0.3, -0.25) is 9.59 Å². The van der Waals surface area contributed by atoms with Gasteiger partial charge in [0.15, 0.2) is 0 Å². The van der Waals surface area contributed by atoms with Crippen LogP contribution in [0.3, 0.4) is 0 Å². The fourth-order valence-corrected chi connectivity index (χ4v) is 9.60. The molecule has 4 aromatic carbocycles. The monoisotopic (exact) mass is 894 g/mol. The van der Waals surface area contributed by atoms with Crippen molar-refractivity contribution in [1.29, 1.82) is 0 Å². The summed E-state index contributed by atoms with van der Waals surface area (Å²) < 4.78 is 9.64. The summed E-state index contributed by atoms with van der Waals surface area (Å²) in [6.45, 7) is 15.5. The predicted octanol–water partition coefficient (Wildman–Crippen LogP) is 9.83. The van der Waals surface area contributed by atoms with E-state index in [1.54, 1.807) is 0 Å². The number of hydrogen-bond acceptors (Lipinski definition) is 8. The minimum absolute atomic E-state index is 0.00531. The molecule has 4 amide bonds. The number of methoxy groups -OCH3 is 2. The summed E-state index contributed by atoms with van der Waals surface area (Å²) >= 11 is 0. The molecule has 2 fully saturated rings. The lowest BCUT2D eigenvalue weighted by Crippen LogP contribution is -2.51. The van der Waals surface area contributed by atoms with Crippen LogP contribution in [-0.4, -0.2) is 93.1 Å². The number of amides is 4. The molecule has 14 nitrogen and oxygen atoms in total. The highest BCUT2D eigenvalue weighted by Gasteiger charge is 2.39. The normalized spacial score (nSPS) is 17.4. The van der Waals surface area contributed by atoms with Crippen molar-refractivity contribution in [1.82, 2.24) is 40.4 Å². The van der Waals surface area contributed by atoms with E-state index in [-0.39, 0.29) is 41.1 Å². The number of carbonyl (C=O) groups excluding carboxylic acids is 4. The first-order chi connectivity index (χ1) is 31.6. The van der Waals surface area contributed by atoms with Crippen molar-refractivity contribution in [2.24, 2.45) is 11.8 Å². The van der Waals surface area contributed by atoms with E-state index in [1.165, 1.54) is 19.8 Å². The maximum Gasteiger partial charge on any atom is 0.407 e. The summed E-state index contributed by atoms with van der Waals surface area (Å²) in [7, 11) is 2.59. The number of benzene rings is 4. The Morgan fingerprint density at radius 1 is 0.636 bits per heavy atom. The minimum atomic E-state index is -0.714. The quantitative estimate of drug-likeness (QED) is 0.0930. The van der Waals surface area contributed by atoms with E-state index in [4.69, 9.17) is 19.4 Å². The van der Waals surface area contributed by atoms with Gasteiger partial charge in [-0.2, -0.15) is 0 Å². The lowest BCUT2D eigenvalue weighted by molar-refractivity contribution is -0.136. The van der Waals surface area contributed by atoms with Gasteiger partial charge in [-0.15, -0.1) is 0 Å². The zero-order valence-corrected chi connectivity index (χ0v) is 39.5. The molecule has 0 radical (unpaired) electrons. The van der Waals surface area contributed by atoms with Crippen molar-refractivity contribution < 1.29 is 28.7 Å². The number of aromatic amines is 2. The fourth-order valence-electron chi connectivity index (χ4n) is 9.60. The van der Waals surface area contributed by atoms with E-state index < -0.39 is 24.3 Å². The molecule has 6 aromatic rings. The van der Waals surface area contributed by atoms with Crippen molar-refractivity contribution in [2.45, 2.75) is 104 Å². The highest BCUT2D eigenvalue weighted by atomic mass is 16.5. The second kappa shape index (κ2) is 18.7. The first kappa shape index (κ1) is 45.9. The van der Waals surface area contributed by atoms with Crippen molar-refractivity contribution in [3.63, 3.8) is 0 Å². The Hall–Kier alpha value is -6.70. The number of ether oxygens (including phenoxy) is 2. The zero-order chi connectivity index (χ0) is 47.0. The van der Waals surface area contributed by atoms with Gasteiger partial charge in [0.25, 0.3) is 0 Å². The molecule has 2 aromatic heterocycles. The molecule has 4 atom stereocenters. The topological polar surface area (TPSA) is 175 Å². The summed E-state index contributed by atoms with van der Waals surface area (Å²) in [6, 6.07) is 22.2. The first-order valence-electron chi connectivity index (χ1n) is 23.1. The van der Waals surface area contributed by atoms with Gasteiger partial charge in [-0.25, -0.2) is 19.6 Å². The molecule has 2 aliphatic rings. The molecule has 4 N–H and O–H groups in total. The Bertz CT molecular complexity index is 2770. The third-order valence-corrected chi connectivity index (χ3v) is 13.3. The smallest absolute Gasteiger partial charge is 0.407 e. The largest absolute Gasteiger partial charge is 0.453 e. The number of alkyl carbamates (subject to hydrolysis) is 2. The van der Waals surface area contributed by atoms with E-state index >= 15 is 0 Å². The second-order valence-electron chi connectivity index (χ2n) is 19.4. The number of nitrogens with one attached hydrogen (secondary N) is 4. The SMILES string of the molecule is COC(=O)N[C@H](C(=O)N1CCC[C@H]1c1ncc(-c2ccc3c(-c4ccc(C(C)(C)C)cc4)c4cc(-c5cnc([C@@H]6CCCN6C(=O)[C@@H](NC(=O)OC)C(C)C)[nH]5)ccc4cc3c2)[nH]1)C(C)C. The van der Waals surface area contributed by atoms with Crippen LogP contribution >= 0.6 is 0 Å². The number of rotatable bonds is 11. The molecule has 346 valence electrons. The Morgan fingerprint density at radius 3 is 1.61 bits per heavy atom. The van der Waals surface area contributed by atoms with Crippen molar-refractivity contribution in [3.05, 3.63) is 96.3 Å². The number of carbonyl (C=O) groups is 4. The van der Waals surface area contributed by atoms with Crippen LogP contribution < -0.4 is 10.6 Å². The summed E-state index contributed by atoms with van der Waals surface area (Å²) in [6.07, 6.45) is 5.60. The van der Waals surface area contributed by atoms with Crippen molar-refractivity contribution in [3.8, 4) is 33.6 Å². The zero-order valence-electron chi connectivity index (χ0n) is 39.5. The van der Waals surface area contributed by atoms with Gasteiger partial charge in [0.05, 0.1) is 50.1 Å². The van der Waals surface area contributed by atoms with Crippen LogP contribution in [-0.2, 0) is 24.5 Å². The third kappa shape index (κ3) is 9.10. The van der Waals surface area contributed by atoms with Gasteiger partial charge in [0.1, 0.15) is 23.7 Å². The molecule has 0 bridgehead atoms. The van der Waals surface area contributed by atoms with Crippen LogP contribution in [0.4, 0.5) is 9.59 Å². The van der Waals surface area contributed by atoms with Crippen molar-refractivity contribution >= 4 is 45.5 Å². The number of imidazole rings is 2. The summed E-state index contributed by atoms with van der Waals surface area (Å²) in [5, 5.41) is 9.80. The number of nitrogens with zero attached hydrogens (tertiary/aromatic N) is 4. The van der Waals surface area contributed by atoms with Crippen LogP contribution in [0.25, 0.3) is 55.2 Å². The predicted molar refractivity (Wildman–Crippen MR) is 256 cm³/mol. The highest BCUT2D eigenvalue weighted by molar-refractivity contribution is 6.14. The highest BCUT2D eigenvalue weighted by Crippen LogP contribution is 2.41. The Labute approximate surface area is 386 Å². The molecule has 0 unspecified atom stereocenters. The van der Waals surface area contributed by atoms with Crippen LogP contribution in [0.2, 0.25) is 0 Å². The van der Waals surface area contributed by atoms with Crippen LogP contribution in [0.15, 0.2) is 79.1 Å². The standard InChI is InChI=1S/C52H62N8O6/c1-29(2)44(57-50(63)65-8)48(61)59-22-10-12-41(59)46-53-27-39(55-46)33-18-21-37-35(25-33)24-32-14-15-34(26-38(32)43(37)31-16-19-36(20-17-31)52(5,6)7)40-28-54-47(56-40)42-13-11-23-60(42)49(62)45(30(3)4)58-51(64)66-9/h14-21,24-30,41-42,44-45H,10-13,22-23H2,1-9H3,(H,53,55)(H,54,56)(H,57,63)(H,58,64)/t41-,42-,44-,45-/m0/s1. The average Bonchev–Trinajstić information content (AvgIpc) is 4.15. The average molecular weight is 895 g/mol. The summed E-state index contributed by atoms with van der Waals surface area (Å²) in [5.74, 6) is 0.879. The van der Waals surface area contributed by atoms with E-state index in [9.17, 15) is 19.2 Å². The molecule has 4 heterocycles. The van der Waals surface area contributed by atoms with Crippen molar-refractivity contribution in [2.75, 3.05) is 27.3 Å². The van der Waals surface area contributed by atoms with E-state index in [1.807, 2.05) is 49.9 Å². The van der Waals surface area contributed by atoms with Gasteiger partial charge >= 0.3 is 12.2 Å². The Kier molecular flexibility index (Phi) is 13.0. The van der Waals surface area contributed by atoms with E-state index in [0.717, 1.165) is 80.9 Å². The van der Waals surface area contributed by atoms with Gasteiger partial charge < -0.3 is 39.9 Å². The molecule has 8 rings (SSSR count). The maximum absolute atomic E-state index is 13.8. The van der Waals surface area contributed by atoms with Gasteiger partial charge in [0, 0.05) is 24.2 Å². The first-order valence-corrected chi connectivity index (χ1v) is 23.1. The van der Waals surface area contributed by atoms with E-state index in [2.05, 4.69) is 108 Å². The third-order valence-electron chi connectivity index (χ3n) is 13.3. The number of aromatic nitrogens is 4. The van der Waals surface area contributed by atoms with E-state index in [0.29, 0.717) is 24.7 Å². The summed E-state index contributed by atoms with van der Waals surface area (Å²) in [5.41, 5.74) is 7.11. The van der Waals surface area contributed by atoms with Gasteiger partial charge in [-0.05, 0) is 99.4 Å². The molecule has 2 saturated heterocycles. The lowest BCUT2D eigenvalue weighted by Gasteiger charge is -2.30. The maximum atomic E-state index is 13.8. The number of H-pyrrole nitrogens is 2. The van der Waals surface area contributed by atoms with Crippen LogP contribution in [0.5, 0.6) is 0 Å². The van der Waals surface area contributed by atoms with Gasteiger partial charge in [0.2, 0.25) is 11.8 Å². The Balaban J connectivity index is 1.13. The van der Waals surface area contributed by atoms with Crippen LogP contribution in [0, 0.1) is 11.8 Å². The van der Waals surface area contributed by atoms with Crippen LogP contribution in [0.1, 0.15) is 103 Å². The molecular formula is C52H62N8O6. The summed E-state index contributed by atoms with van der Waals surface area (Å²) in [4.78, 5) is 72.3. The molecule has 2 aliphatic heterocycles. The molecular weight excluding hydrogens is 833 g/mol. The molecule has 0 saturated carbocycles. The Morgan fingerprint density at radius 2 is 1.12 bits per heavy atom. The fraction of sp³-hybridized carbons (Fsp3) is 0.423.